The van der Waals surface area contributed by atoms with Crippen LogP contribution in [0.15, 0.2) is 30.3 Å². The lowest BCUT2D eigenvalue weighted by Crippen LogP contribution is -2.46. The summed E-state index contributed by atoms with van der Waals surface area (Å²) in [6.45, 7) is 7.48. The Morgan fingerprint density at radius 3 is 2.39 bits per heavy atom. The monoisotopic (exact) mass is 491 g/mol. The molecule has 1 aromatic heterocycles. The zero-order valence-electron chi connectivity index (χ0n) is 21.4. The van der Waals surface area contributed by atoms with Crippen molar-refractivity contribution in [2.75, 3.05) is 61.8 Å². The molecular weight excluding hydrogens is 450 g/mol. The number of piperazine rings is 1. The smallest absolute Gasteiger partial charge is 0.226 e. The molecule has 0 unspecified atom stereocenters. The molecule has 194 valence electrons. The van der Waals surface area contributed by atoms with Gasteiger partial charge in [-0.3, -0.25) is 4.90 Å². The van der Waals surface area contributed by atoms with Gasteiger partial charge in [-0.2, -0.15) is 15.2 Å². The predicted octanol–water partition coefficient (Wildman–Crippen LogP) is 2.72. The standard InChI is InChI=1S/C27H41N9/c28-11-14-35-15-17-36(18-16-35)26-19-25(29)33-27(34-26)32-21-23-9-7-22(8-10-23)20-30-12-4-13-31-24-5-2-1-3-6-24/h7-10,19,24,30-31H,1-6,12-18,20-21H2,(H3,29,32,33,34). The van der Waals surface area contributed by atoms with E-state index in [1.807, 2.05) is 6.07 Å². The predicted molar refractivity (Wildman–Crippen MR) is 146 cm³/mol. The molecule has 9 nitrogen and oxygen atoms in total. The highest BCUT2D eigenvalue weighted by Gasteiger charge is 2.19. The normalized spacial score (nSPS) is 17.1. The van der Waals surface area contributed by atoms with E-state index in [9.17, 15) is 0 Å². The number of rotatable bonds is 12. The van der Waals surface area contributed by atoms with Gasteiger partial charge in [0, 0.05) is 51.4 Å². The van der Waals surface area contributed by atoms with Crippen LogP contribution in [0.5, 0.6) is 0 Å². The van der Waals surface area contributed by atoms with Crippen LogP contribution < -0.4 is 26.6 Å². The summed E-state index contributed by atoms with van der Waals surface area (Å²) in [6, 6.07) is 13.4. The number of hydrogen-bond donors (Lipinski definition) is 4. The highest BCUT2D eigenvalue weighted by atomic mass is 15.3. The number of nitrogen functional groups attached to an aromatic ring is 1. The van der Waals surface area contributed by atoms with Crippen LogP contribution in [0.4, 0.5) is 17.6 Å². The van der Waals surface area contributed by atoms with E-state index in [0.717, 1.165) is 64.1 Å². The Morgan fingerprint density at radius 1 is 0.944 bits per heavy atom. The highest BCUT2D eigenvalue weighted by molar-refractivity contribution is 5.52. The summed E-state index contributed by atoms with van der Waals surface area (Å²) in [5, 5.41) is 19.5. The summed E-state index contributed by atoms with van der Waals surface area (Å²) in [5.74, 6) is 1.83. The molecule has 5 N–H and O–H groups in total. The molecular formula is C27H41N9. The van der Waals surface area contributed by atoms with E-state index in [1.165, 1.54) is 43.2 Å². The molecule has 36 heavy (non-hydrogen) atoms. The summed E-state index contributed by atoms with van der Waals surface area (Å²) in [5.41, 5.74) is 8.53. The van der Waals surface area contributed by atoms with Gasteiger partial charge in [0.15, 0.2) is 0 Å². The van der Waals surface area contributed by atoms with E-state index in [0.29, 0.717) is 24.9 Å². The van der Waals surface area contributed by atoms with Gasteiger partial charge in [-0.05, 0) is 43.5 Å². The highest BCUT2D eigenvalue weighted by Crippen LogP contribution is 2.19. The van der Waals surface area contributed by atoms with Crippen molar-refractivity contribution in [3.05, 3.63) is 41.5 Å². The third-order valence-corrected chi connectivity index (χ3v) is 7.09. The number of hydrogen-bond acceptors (Lipinski definition) is 9. The number of aromatic nitrogens is 2. The third kappa shape index (κ3) is 8.33. The van der Waals surface area contributed by atoms with E-state index in [4.69, 9.17) is 11.0 Å². The number of nitrogens with two attached hydrogens (primary N) is 1. The summed E-state index contributed by atoms with van der Waals surface area (Å²) in [4.78, 5) is 13.4. The van der Waals surface area contributed by atoms with E-state index in [1.54, 1.807) is 0 Å². The largest absolute Gasteiger partial charge is 0.383 e. The minimum Gasteiger partial charge on any atom is -0.383 e. The molecule has 9 heteroatoms. The number of nitrogens with zero attached hydrogens (tertiary/aromatic N) is 5. The van der Waals surface area contributed by atoms with Crippen LogP contribution in [0.1, 0.15) is 49.7 Å². The van der Waals surface area contributed by atoms with E-state index < -0.39 is 0 Å². The fraction of sp³-hybridized carbons (Fsp3) is 0.593. The molecule has 0 atom stereocenters. The fourth-order valence-electron chi connectivity index (χ4n) is 4.94. The Labute approximate surface area is 215 Å². The van der Waals surface area contributed by atoms with Gasteiger partial charge < -0.3 is 26.6 Å². The first-order valence-corrected chi connectivity index (χ1v) is 13.4. The Kier molecular flexibility index (Phi) is 10.1. The summed E-state index contributed by atoms with van der Waals surface area (Å²) in [6.07, 6.45) is 8.04. The molecule has 4 rings (SSSR count). The first kappa shape index (κ1) is 26.1. The maximum Gasteiger partial charge on any atom is 0.226 e. The number of nitriles is 1. The van der Waals surface area contributed by atoms with E-state index >= 15 is 0 Å². The molecule has 1 saturated carbocycles. The zero-order chi connectivity index (χ0) is 25.0. The minimum atomic E-state index is 0.456. The number of nitrogens with one attached hydrogen (secondary N) is 3. The maximum atomic E-state index is 8.89. The van der Waals surface area contributed by atoms with Crippen molar-refractivity contribution in [1.29, 1.82) is 5.26 Å². The van der Waals surface area contributed by atoms with Crippen LogP contribution in [-0.4, -0.2) is 66.7 Å². The van der Waals surface area contributed by atoms with Gasteiger partial charge in [0.1, 0.15) is 11.6 Å². The van der Waals surface area contributed by atoms with Gasteiger partial charge in [0.05, 0.1) is 12.6 Å². The summed E-state index contributed by atoms with van der Waals surface area (Å²) in [7, 11) is 0. The molecule has 0 bridgehead atoms. The topological polar surface area (TPSA) is 118 Å². The van der Waals surface area contributed by atoms with Gasteiger partial charge in [-0.25, -0.2) is 0 Å². The zero-order valence-corrected chi connectivity index (χ0v) is 21.4. The molecule has 1 saturated heterocycles. The van der Waals surface area contributed by atoms with Gasteiger partial charge in [0.2, 0.25) is 5.95 Å². The van der Waals surface area contributed by atoms with Crippen LogP contribution in [0, 0.1) is 11.3 Å². The van der Waals surface area contributed by atoms with Crippen molar-refractivity contribution < 1.29 is 0 Å². The average molecular weight is 492 g/mol. The minimum absolute atomic E-state index is 0.456. The van der Waals surface area contributed by atoms with Crippen LogP contribution >= 0.6 is 0 Å². The Hall–Kier alpha value is -2.93. The second-order valence-electron chi connectivity index (χ2n) is 9.89. The molecule has 2 fully saturated rings. The molecule has 0 spiro atoms. The van der Waals surface area contributed by atoms with Crippen LogP contribution in [0.3, 0.4) is 0 Å². The first-order valence-electron chi connectivity index (χ1n) is 13.4. The molecule has 2 aromatic rings. The van der Waals surface area contributed by atoms with Crippen LogP contribution in [-0.2, 0) is 13.1 Å². The van der Waals surface area contributed by atoms with Crippen molar-refractivity contribution in [2.45, 2.75) is 57.7 Å². The van der Waals surface area contributed by atoms with Crippen molar-refractivity contribution in [3.63, 3.8) is 0 Å². The SMILES string of the molecule is N#CCN1CCN(c2cc(N)nc(NCc3ccc(CNCCCNC4CCCCC4)cc3)n2)CC1. The van der Waals surface area contributed by atoms with E-state index in [-0.39, 0.29) is 0 Å². The molecule has 1 aliphatic heterocycles. The van der Waals surface area contributed by atoms with Crippen LogP contribution in [0.25, 0.3) is 0 Å². The molecule has 1 aromatic carbocycles. The van der Waals surface area contributed by atoms with Crippen molar-refractivity contribution >= 4 is 17.6 Å². The Bertz CT molecular complexity index is 958. The molecule has 0 radical (unpaired) electrons. The Balaban J connectivity index is 1.16. The number of benzene rings is 1. The van der Waals surface area contributed by atoms with Crippen molar-refractivity contribution in [2.24, 2.45) is 0 Å². The van der Waals surface area contributed by atoms with Gasteiger partial charge in [-0.15, -0.1) is 0 Å². The summed E-state index contributed by atoms with van der Waals surface area (Å²) < 4.78 is 0. The molecule has 2 aliphatic rings. The van der Waals surface area contributed by atoms with Crippen molar-refractivity contribution in [1.82, 2.24) is 25.5 Å². The lowest BCUT2D eigenvalue weighted by atomic mass is 9.95. The van der Waals surface area contributed by atoms with E-state index in [2.05, 4.69) is 66.1 Å². The van der Waals surface area contributed by atoms with Gasteiger partial charge in [-0.1, -0.05) is 43.5 Å². The second-order valence-corrected chi connectivity index (χ2v) is 9.89. The van der Waals surface area contributed by atoms with Gasteiger partial charge >= 0.3 is 0 Å². The third-order valence-electron chi connectivity index (χ3n) is 7.09. The first-order chi connectivity index (χ1) is 17.7. The quantitative estimate of drug-likeness (QED) is 0.262. The maximum absolute atomic E-state index is 8.89. The lowest BCUT2D eigenvalue weighted by molar-refractivity contribution is 0.286. The average Bonchev–Trinajstić information content (AvgIpc) is 2.91. The fourth-order valence-corrected chi connectivity index (χ4v) is 4.94. The Morgan fingerprint density at radius 2 is 1.67 bits per heavy atom. The molecule has 2 heterocycles. The lowest BCUT2D eigenvalue weighted by Gasteiger charge is -2.34. The van der Waals surface area contributed by atoms with Crippen molar-refractivity contribution in [3.8, 4) is 6.07 Å². The van der Waals surface area contributed by atoms with Gasteiger partial charge in [0.25, 0.3) is 0 Å². The number of anilines is 3. The van der Waals surface area contributed by atoms with Crippen LogP contribution in [0.2, 0.25) is 0 Å². The second kappa shape index (κ2) is 14.0. The molecule has 0 amide bonds. The summed E-state index contributed by atoms with van der Waals surface area (Å²) >= 11 is 0. The molecule has 1 aliphatic carbocycles.